The fourth-order valence-electron chi connectivity index (χ4n) is 3.70. The van der Waals surface area contributed by atoms with E-state index in [2.05, 4.69) is 4.98 Å². The standard InChI is InChI=1S/C20H21FN2O3/c21-17-5-3-4-15(10-17)11-19(24)23-13-20(14-23)16(7-9-26-20)12-25-18-6-1-2-8-22-18/h1-6,8,10,16H,7,9,11-14H2/t16-/m0/s1. The molecular weight excluding hydrogens is 335 g/mol. The third-order valence-corrected chi connectivity index (χ3v) is 5.18. The lowest BCUT2D eigenvalue weighted by Gasteiger charge is -2.50. The summed E-state index contributed by atoms with van der Waals surface area (Å²) in [6.45, 7) is 2.35. The first-order chi connectivity index (χ1) is 12.6. The summed E-state index contributed by atoms with van der Waals surface area (Å²) in [4.78, 5) is 18.4. The molecule has 2 aromatic rings. The van der Waals surface area contributed by atoms with Gasteiger partial charge in [0, 0.05) is 24.8 Å². The molecule has 0 radical (unpaired) electrons. The van der Waals surface area contributed by atoms with Crippen LogP contribution < -0.4 is 4.74 Å². The number of aromatic nitrogens is 1. The number of nitrogens with zero attached hydrogens (tertiary/aromatic N) is 2. The van der Waals surface area contributed by atoms with Crippen molar-refractivity contribution in [1.82, 2.24) is 9.88 Å². The highest BCUT2D eigenvalue weighted by molar-refractivity contribution is 5.80. The van der Waals surface area contributed by atoms with Crippen LogP contribution in [-0.2, 0) is 16.0 Å². The van der Waals surface area contributed by atoms with Crippen LogP contribution in [0.1, 0.15) is 12.0 Å². The molecule has 0 saturated carbocycles. The minimum absolute atomic E-state index is 0.00104. The summed E-state index contributed by atoms with van der Waals surface area (Å²) < 4.78 is 25.0. The van der Waals surface area contributed by atoms with E-state index in [0.717, 1.165) is 6.42 Å². The molecule has 1 spiro atoms. The van der Waals surface area contributed by atoms with Gasteiger partial charge < -0.3 is 14.4 Å². The van der Waals surface area contributed by atoms with Gasteiger partial charge in [0.05, 0.1) is 26.1 Å². The van der Waals surface area contributed by atoms with Crippen LogP contribution in [0.3, 0.4) is 0 Å². The minimum atomic E-state index is -0.318. The molecule has 136 valence electrons. The molecule has 3 heterocycles. The number of rotatable bonds is 5. The average molecular weight is 356 g/mol. The van der Waals surface area contributed by atoms with Crippen molar-refractivity contribution in [2.75, 3.05) is 26.3 Å². The van der Waals surface area contributed by atoms with Crippen LogP contribution >= 0.6 is 0 Å². The highest BCUT2D eigenvalue weighted by Crippen LogP contribution is 2.40. The smallest absolute Gasteiger partial charge is 0.227 e. The van der Waals surface area contributed by atoms with Gasteiger partial charge in [0.25, 0.3) is 0 Å². The number of halogens is 1. The van der Waals surface area contributed by atoms with Crippen molar-refractivity contribution >= 4 is 5.91 Å². The Kier molecular flexibility index (Phi) is 4.59. The summed E-state index contributed by atoms with van der Waals surface area (Å²) in [6.07, 6.45) is 2.83. The van der Waals surface area contributed by atoms with Gasteiger partial charge in [0.15, 0.2) is 0 Å². The van der Waals surface area contributed by atoms with E-state index in [4.69, 9.17) is 9.47 Å². The maximum atomic E-state index is 13.3. The first kappa shape index (κ1) is 17.0. The van der Waals surface area contributed by atoms with Crippen molar-refractivity contribution in [1.29, 1.82) is 0 Å². The summed E-state index contributed by atoms with van der Waals surface area (Å²) in [5, 5.41) is 0. The topological polar surface area (TPSA) is 51.7 Å². The van der Waals surface area contributed by atoms with E-state index in [1.165, 1.54) is 12.1 Å². The number of carbonyl (C=O) groups is 1. The molecule has 2 fully saturated rings. The van der Waals surface area contributed by atoms with Crippen LogP contribution in [0.15, 0.2) is 48.7 Å². The monoisotopic (exact) mass is 356 g/mol. The molecule has 26 heavy (non-hydrogen) atoms. The second-order valence-corrected chi connectivity index (χ2v) is 6.93. The number of pyridine rings is 1. The predicted octanol–water partition coefficient (Wildman–Crippen LogP) is 2.46. The van der Waals surface area contributed by atoms with E-state index < -0.39 is 0 Å². The van der Waals surface area contributed by atoms with Gasteiger partial charge in [-0.15, -0.1) is 0 Å². The Morgan fingerprint density at radius 1 is 1.31 bits per heavy atom. The van der Waals surface area contributed by atoms with Crippen LogP contribution in [-0.4, -0.2) is 47.7 Å². The Bertz CT molecular complexity index is 778. The molecule has 0 unspecified atom stereocenters. The van der Waals surface area contributed by atoms with E-state index in [1.54, 1.807) is 23.2 Å². The molecule has 4 rings (SSSR count). The van der Waals surface area contributed by atoms with Crippen LogP contribution in [0.4, 0.5) is 4.39 Å². The van der Waals surface area contributed by atoms with Crippen molar-refractivity contribution in [3.63, 3.8) is 0 Å². The minimum Gasteiger partial charge on any atom is -0.477 e. The molecule has 6 heteroatoms. The molecule has 1 atom stereocenters. The van der Waals surface area contributed by atoms with E-state index >= 15 is 0 Å². The van der Waals surface area contributed by atoms with Gasteiger partial charge in [-0.25, -0.2) is 9.37 Å². The van der Waals surface area contributed by atoms with Crippen LogP contribution in [0.25, 0.3) is 0 Å². The lowest BCUT2D eigenvalue weighted by Crippen LogP contribution is -2.67. The summed E-state index contributed by atoms with van der Waals surface area (Å²) in [6, 6.07) is 11.7. The summed E-state index contributed by atoms with van der Waals surface area (Å²) in [7, 11) is 0. The zero-order chi connectivity index (χ0) is 18.0. The second-order valence-electron chi connectivity index (χ2n) is 6.93. The molecule has 0 aliphatic carbocycles. The average Bonchev–Trinajstić information content (AvgIpc) is 3.03. The van der Waals surface area contributed by atoms with Crippen molar-refractivity contribution in [3.8, 4) is 5.88 Å². The quantitative estimate of drug-likeness (QED) is 0.826. The number of hydrogen-bond acceptors (Lipinski definition) is 4. The van der Waals surface area contributed by atoms with Crippen molar-refractivity contribution in [2.45, 2.75) is 18.4 Å². The Morgan fingerprint density at radius 2 is 2.19 bits per heavy atom. The molecule has 2 aliphatic rings. The van der Waals surface area contributed by atoms with E-state index in [9.17, 15) is 9.18 Å². The Morgan fingerprint density at radius 3 is 2.96 bits per heavy atom. The Hall–Kier alpha value is -2.47. The van der Waals surface area contributed by atoms with Crippen molar-refractivity contribution < 1.29 is 18.7 Å². The normalized spacial score (nSPS) is 20.8. The molecule has 1 aromatic heterocycles. The predicted molar refractivity (Wildman–Crippen MR) is 93.2 cm³/mol. The number of carbonyl (C=O) groups excluding carboxylic acids is 1. The zero-order valence-electron chi connectivity index (χ0n) is 14.4. The summed E-state index contributed by atoms with van der Waals surface area (Å²) in [5.41, 5.74) is 0.380. The number of hydrogen-bond donors (Lipinski definition) is 0. The van der Waals surface area contributed by atoms with Gasteiger partial charge in [-0.3, -0.25) is 4.79 Å². The SMILES string of the molecule is O=C(Cc1cccc(F)c1)N1CC2(C1)OCC[C@H]2COc1ccccn1. The van der Waals surface area contributed by atoms with Crippen LogP contribution in [0.2, 0.25) is 0 Å². The zero-order valence-corrected chi connectivity index (χ0v) is 14.4. The largest absolute Gasteiger partial charge is 0.477 e. The van der Waals surface area contributed by atoms with E-state index in [-0.39, 0.29) is 29.7 Å². The Labute approximate surface area is 151 Å². The number of amides is 1. The Balaban J connectivity index is 1.32. The number of ether oxygens (including phenoxy) is 2. The van der Waals surface area contributed by atoms with Gasteiger partial charge >= 0.3 is 0 Å². The molecule has 2 saturated heterocycles. The lowest BCUT2D eigenvalue weighted by atomic mass is 9.81. The molecule has 0 N–H and O–H groups in total. The van der Waals surface area contributed by atoms with Gasteiger partial charge in [-0.1, -0.05) is 18.2 Å². The molecular formula is C20H21FN2O3. The van der Waals surface area contributed by atoms with Gasteiger partial charge in [-0.05, 0) is 30.2 Å². The molecule has 1 aromatic carbocycles. The third-order valence-electron chi connectivity index (χ3n) is 5.18. The first-order valence-electron chi connectivity index (χ1n) is 8.85. The number of benzene rings is 1. The fraction of sp³-hybridized carbons (Fsp3) is 0.400. The highest BCUT2D eigenvalue weighted by Gasteiger charge is 2.54. The fourth-order valence-corrected chi connectivity index (χ4v) is 3.70. The molecule has 1 amide bonds. The van der Waals surface area contributed by atoms with Crippen LogP contribution in [0, 0.1) is 11.7 Å². The van der Waals surface area contributed by atoms with Gasteiger partial charge in [0.1, 0.15) is 11.4 Å². The molecule has 0 bridgehead atoms. The van der Waals surface area contributed by atoms with E-state index in [0.29, 0.717) is 37.7 Å². The number of likely N-dealkylation sites (tertiary alicyclic amines) is 1. The third kappa shape index (κ3) is 3.42. The van der Waals surface area contributed by atoms with Gasteiger partial charge in [-0.2, -0.15) is 0 Å². The summed E-state index contributed by atoms with van der Waals surface area (Å²) in [5.74, 6) is 0.526. The highest BCUT2D eigenvalue weighted by atomic mass is 19.1. The van der Waals surface area contributed by atoms with Crippen molar-refractivity contribution in [2.24, 2.45) is 5.92 Å². The van der Waals surface area contributed by atoms with Crippen molar-refractivity contribution in [3.05, 3.63) is 60.0 Å². The van der Waals surface area contributed by atoms with Crippen LogP contribution in [0.5, 0.6) is 5.88 Å². The maximum Gasteiger partial charge on any atom is 0.227 e. The van der Waals surface area contributed by atoms with E-state index in [1.807, 2.05) is 18.2 Å². The van der Waals surface area contributed by atoms with Gasteiger partial charge in [0.2, 0.25) is 11.8 Å². The summed E-state index contributed by atoms with van der Waals surface area (Å²) >= 11 is 0. The second kappa shape index (κ2) is 7.03. The lowest BCUT2D eigenvalue weighted by molar-refractivity contribution is -0.166. The molecule has 5 nitrogen and oxygen atoms in total. The first-order valence-corrected chi connectivity index (χ1v) is 8.85. The maximum absolute atomic E-state index is 13.3. The molecule has 2 aliphatic heterocycles.